The molecule has 2 nitrogen and oxygen atoms in total. The van der Waals surface area contributed by atoms with E-state index in [1.165, 1.54) is 32.4 Å². The first-order valence-corrected chi connectivity index (χ1v) is 6.81. The molecule has 1 rings (SSSR count). The molecule has 0 aromatic heterocycles. The van der Waals surface area contributed by atoms with Gasteiger partial charge >= 0.3 is 0 Å². The van der Waals surface area contributed by atoms with Crippen molar-refractivity contribution in [2.45, 2.75) is 26.2 Å². The van der Waals surface area contributed by atoms with Crippen LogP contribution in [0.25, 0.3) is 0 Å². The van der Waals surface area contributed by atoms with E-state index in [4.69, 9.17) is 5.11 Å². The molecular formula is C11H22BrNO. The zero-order valence-corrected chi connectivity index (χ0v) is 10.7. The average molecular weight is 264 g/mol. The molecule has 84 valence electrons. The molecule has 1 N–H and O–H groups in total. The molecule has 2 unspecified atom stereocenters. The first-order chi connectivity index (χ1) is 6.80. The van der Waals surface area contributed by atoms with Crippen molar-refractivity contribution in [3.05, 3.63) is 0 Å². The lowest BCUT2D eigenvalue weighted by molar-refractivity contribution is 0.213. The average Bonchev–Trinajstić information content (AvgIpc) is 2.65. The van der Waals surface area contributed by atoms with Gasteiger partial charge in [-0.2, -0.15) is 0 Å². The monoisotopic (exact) mass is 263 g/mol. The number of halogens is 1. The molecule has 0 radical (unpaired) electrons. The molecule has 3 heteroatoms. The van der Waals surface area contributed by atoms with Gasteiger partial charge in [0.25, 0.3) is 0 Å². The van der Waals surface area contributed by atoms with Crippen LogP contribution in [0.3, 0.4) is 0 Å². The fourth-order valence-electron chi connectivity index (χ4n) is 2.22. The van der Waals surface area contributed by atoms with Crippen LogP contribution in [0.1, 0.15) is 26.2 Å². The summed E-state index contributed by atoms with van der Waals surface area (Å²) in [7, 11) is 0. The standard InChI is InChI=1S/C11H22BrNO/c1-2-3-10(6-12)7-13-5-4-11(8-13)9-14/h10-11,14H,2-9H2,1H3. The molecule has 0 spiro atoms. The van der Waals surface area contributed by atoms with Crippen molar-refractivity contribution in [1.29, 1.82) is 0 Å². The number of likely N-dealkylation sites (tertiary alicyclic amines) is 1. The van der Waals surface area contributed by atoms with Crippen LogP contribution >= 0.6 is 15.9 Å². The molecule has 1 saturated heterocycles. The van der Waals surface area contributed by atoms with E-state index >= 15 is 0 Å². The highest BCUT2D eigenvalue weighted by molar-refractivity contribution is 9.09. The van der Waals surface area contributed by atoms with Gasteiger partial charge in [-0.15, -0.1) is 0 Å². The van der Waals surface area contributed by atoms with Crippen molar-refractivity contribution in [2.75, 3.05) is 31.6 Å². The van der Waals surface area contributed by atoms with Gasteiger partial charge in [-0.05, 0) is 31.2 Å². The van der Waals surface area contributed by atoms with E-state index in [2.05, 4.69) is 27.8 Å². The molecule has 0 bridgehead atoms. The van der Waals surface area contributed by atoms with Crippen LogP contribution in [-0.2, 0) is 0 Å². The molecule has 0 saturated carbocycles. The topological polar surface area (TPSA) is 23.5 Å². The highest BCUT2D eigenvalue weighted by atomic mass is 79.9. The second kappa shape index (κ2) is 6.81. The number of aliphatic hydroxyl groups is 1. The lowest BCUT2D eigenvalue weighted by Crippen LogP contribution is -2.28. The number of alkyl halides is 1. The van der Waals surface area contributed by atoms with Gasteiger partial charge in [-0.1, -0.05) is 29.3 Å². The SMILES string of the molecule is CCCC(CBr)CN1CCC(CO)C1. The minimum absolute atomic E-state index is 0.364. The maximum Gasteiger partial charge on any atom is 0.0471 e. The Morgan fingerprint density at radius 1 is 1.57 bits per heavy atom. The van der Waals surface area contributed by atoms with Crippen LogP contribution in [0, 0.1) is 11.8 Å². The normalized spacial score (nSPS) is 25.5. The molecule has 0 aliphatic carbocycles. The molecule has 0 amide bonds. The molecule has 0 aromatic rings. The maximum absolute atomic E-state index is 9.04. The Labute approximate surface area is 95.8 Å². The Bertz CT molecular complexity index is 154. The van der Waals surface area contributed by atoms with Gasteiger partial charge in [0, 0.05) is 25.0 Å². The molecule has 2 atom stereocenters. The minimum atomic E-state index is 0.364. The summed E-state index contributed by atoms with van der Waals surface area (Å²) in [6.45, 7) is 6.09. The van der Waals surface area contributed by atoms with Gasteiger partial charge in [0.05, 0.1) is 0 Å². The molecule has 1 heterocycles. The van der Waals surface area contributed by atoms with Gasteiger partial charge in [0.2, 0.25) is 0 Å². The van der Waals surface area contributed by atoms with E-state index in [0.29, 0.717) is 12.5 Å². The summed E-state index contributed by atoms with van der Waals surface area (Å²) in [5.41, 5.74) is 0. The highest BCUT2D eigenvalue weighted by Gasteiger charge is 2.23. The highest BCUT2D eigenvalue weighted by Crippen LogP contribution is 2.19. The number of nitrogens with zero attached hydrogens (tertiary/aromatic N) is 1. The Morgan fingerprint density at radius 3 is 2.86 bits per heavy atom. The lowest BCUT2D eigenvalue weighted by Gasteiger charge is -2.21. The summed E-state index contributed by atoms with van der Waals surface area (Å²) in [4.78, 5) is 2.50. The summed E-state index contributed by atoms with van der Waals surface area (Å²) in [5.74, 6) is 1.32. The third kappa shape index (κ3) is 3.87. The fraction of sp³-hybridized carbons (Fsp3) is 1.00. The zero-order chi connectivity index (χ0) is 10.4. The summed E-state index contributed by atoms with van der Waals surface area (Å²) in [6.07, 6.45) is 3.76. The van der Waals surface area contributed by atoms with Gasteiger partial charge in [-0.25, -0.2) is 0 Å². The van der Waals surface area contributed by atoms with Crippen LogP contribution in [0.2, 0.25) is 0 Å². The second-order valence-corrected chi connectivity index (χ2v) is 5.05. The smallest absolute Gasteiger partial charge is 0.0471 e. The predicted molar refractivity (Wildman–Crippen MR) is 63.8 cm³/mol. The maximum atomic E-state index is 9.04. The van der Waals surface area contributed by atoms with E-state index in [1.807, 2.05) is 0 Å². The molecule has 0 aromatic carbocycles. The van der Waals surface area contributed by atoms with Gasteiger partial charge in [-0.3, -0.25) is 0 Å². The Kier molecular flexibility index (Phi) is 6.06. The zero-order valence-electron chi connectivity index (χ0n) is 9.08. The van der Waals surface area contributed by atoms with Crippen LogP contribution in [-0.4, -0.2) is 41.6 Å². The van der Waals surface area contributed by atoms with Crippen LogP contribution in [0.5, 0.6) is 0 Å². The summed E-state index contributed by atoms with van der Waals surface area (Å²) >= 11 is 3.58. The lowest BCUT2D eigenvalue weighted by atomic mass is 10.1. The first kappa shape index (κ1) is 12.5. The fourth-order valence-corrected chi connectivity index (χ4v) is 2.75. The quantitative estimate of drug-likeness (QED) is 0.743. The largest absolute Gasteiger partial charge is 0.396 e. The molecule has 14 heavy (non-hydrogen) atoms. The van der Waals surface area contributed by atoms with Crippen molar-refractivity contribution in [3.8, 4) is 0 Å². The molecular weight excluding hydrogens is 242 g/mol. The Morgan fingerprint density at radius 2 is 2.36 bits per heavy atom. The van der Waals surface area contributed by atoms with Crippen LogP contribution in [0.4, 0.5) is 0 Å². The third-order valence-electron chi connectivity index (χ3n) is 3.06. The number of hydrogen-bond acceptors (Lipinski definition) is 2. The summed E-state index contributed by atoms with van der Waals surface area (Å²) < 4.78 is 0. The Balaban J connectivity index is 2.22. The van der Waals surface area contributed by atoms with E-state index in [1.54, 1.807) is 0 Å². The second-order valence-electron chi connectivity index (χ2n) is 4.41. The van der Waals surface area contributed by atoms with Crippen molar-refractivity contribution in [2.24, 2.45) is 11.8 Å². The van der Waals surface area contributed by atoms with Gasteiger partial charge < -0.3 is 10.0 Å². The van der Waals surface area contributed by atoms with Crippen molar-refractivity contribution in [1.82, 2.24) is 4.90 Å². The van der Waals surface area contributed by atoms with E-state index in [9.17, 15) is 0 Å². The van der Waals surface area contributed by atoms with Gasteiger partial charge in [0.15, 0.2) is 0 Å². The van der Waals surface area contributed by atoms with Crippen LogP contribution < -0.4 is 0 Å². The van der Waals surface area contributed by atoms with E-state index in [-0.39, 0.29) is 0 Å². The minimum Gasteiger partial charge on any atom is -0.396 e. The number of rotatable bonds is 6. The van der Waals surface area contributed by atoms with Crippen LogP contribution in [0.15, 0.2) is 0 Å². The predicted octanol–water partition coefficient (Wildman–Crippen LogP) is 2.11. The number of hydrogen-bond donors (Lipinski definition) is 1. The van der Waals surface area contributed by atoms with Crippen molar-refractivity contribution < 1.29 is 5.11 Å². The summed E-state index contributed by atoms with van der Waals surface area (Å²) in [6, 6.07) is 0. The summed E-state index contributed by atoms with van der Waals surface area (Å²) in [5, 5.41) is 10.2. The third-order valence-corrected chi connectivity index (χ3v) is 3.98. The van der Waals surface area contributed by atoms with Gasteiger partial charge in [0.1, 0.15) is 0 Å². The first-order valence-electron chi connectivity index (χ1n) is 5.69. The molecule has 1 aliphatic rings. The molecule has 1 fully saturated rings. The Hall–Kier alpha value is 0.400. The van der Waals surface area contributed by atoms with E-state index < -0.39 is 0 Å². The van der Waals surface area contributed by atoms with Crippen molar-refractivity contribution >= 4 is 15.9 Å². The van der Waals surface area contributed by atoms with E-state index in [0.717, 1.165) is 17.8 Å². The van der Waals surface area contributed by atoms with Crippen molar-refractivity contribution in [3.63, 3.8) is 0 Å². The number of aliphatic hydroxyl groups excluding tert-OH is 1. The molecule has 1 aliphatic heterocycles.